The molecule has 6 aliphatic heterocycles. The number of ether oxygens (including phenoxy) is 4. The van der Waals surface area contributed by atoms with E-state index in [-0.39, 0.29) is 55.6 Å². The molecule has 0 aliphatic carbocycles. The molecule has 3 fully saturated rings. The van der Waals surface area contributed by atoms with Gasteiger partial charge in [0.2, 0.25) is 11.5 Å². The van der Waals surface area contributed by atoms with Crippen LogP contribution in [0.3, 0.4) is 0 Å². The van der Waals surface area contributed by atoms with Crippen LogP contribution in [0.15, 0.2) is 12.2 Å². The van der Waals surface area contributed by atoms with E-state index >= 15 is 0 Å². The Morgan fingerprint density at radius 1 is 0.917 bits per heavy atom. The Kier molecular flexibility index (Phi) is 17.6. The zero-order chi connectivity index (χ0) is 42.6. The van der Waals surface area contributed by atoms with E-state index in [2.05, 4.69) is 41.2 Å². The second-order valence-electron chi connectivity index (χ2n) is 18.8. The summed E-state index contributed by atoms with van der Waals surface area (Å²) in [5, 5.41) is 29.2. The van der Waals surface area contributed by atoms with Gasteiger partial charge in [0, 0.05) is 32.2 Å². The summed E-state index contributed by atoms with van der Waals surface area (Å²) in [4.78, 5) is 28.4. The van der Waals surface area contributed by atoms with Gasteiger partial charge in [-0.25, -0.2) is 10.6 Å². The summed E-state index contributed by atoms with van der Waals surface area (Å²) >= 11 is 0. The number of allylic oxidation sites excluding steroid dienone is 1. The van der Waals surface area contributed by atoms with Gasteiger partial charge < -0.3 is 45.5 Å². The lowest BCUT2D eigenvalue weighted by molar-refractivity contribution is -0.609. The Labute approximate surface area is 359 Å². The minimum atomic E-state index is -1.85. The molecule has 6 rings (SSSR count). The number of esters is 1. The van der Waals surface area contributed by atoms with Crippen molar-refractivity contribution in [2.75, 3.05) is 26.2 Å². The number of aliphatic hydroxyl groups excluding tert-OH is 1. The van der Waals surface area contributed by atoms with Crippen LogP contribution in [0, 0.1) is 5.92 Å². The van der Waals surface area contributed by atoms with Crippen molar-refractivity contribution in [2.24, 2.45) is 17.4 Å². The van der Waals surface area contributed by atoms with E-state index in [0.717, 1.165) is 102 Å². The number of amides is 1. The van der Waals surface area contributed by atoms with Crippen molar-refractivity contribution in [1.29, 1.82) is 0 Å². The Morgan fingerprint density at radius 3 is 2.28 bits per heavy atom. The number of morpholine rings is 1. The molecule has 0 radical (unpaired) electrons. The molecule has 60 heavy (non-hydrogen) atoms. The fraction of sp³-hybridized carbons (Fsp3) is 0.891. The molecule has 8 N–H and O–H groups in total. The van der Waals surface area contributed by atoms with Gasteiger partial charge in [-0.2, -0.15) is 0 Å². The summed E-state index contributed by atoms with van der Waals surface area (Å²) in [5.74, 6) is -1.63. The van der Waals surface area contributed by atoms with Crippen LogP contribution in [0.4, 0.5) is 0 Å². The van der Waals surface area contributed by atoms with Gasteiger partial charge in [-0.3, -0.25) is 14.2 Å². The predicted octanol–water partition coefficient (Wildman–Crippen LogP) is 5.16. The number of rotatable bonds is 23. The quantitative estimate of drug-likeness (QED) is 0.0343. The molecule has 0 unspecified atom stereocenters. The second kappa shape index (κ2) is 22.3. The summed E-state index contributed by atoms with van der Waals surface area (Å²) in [6.07, 6.45) is 26.7. The van der Waals surface area contributed by atoms with Gasteiger partial charge in [0.1, 0.15) is 6.10 Å². The highest BCUT2D eigenvalue weighted by molar-refractivity contribution is 5.82. The van der Waals surface area contributed by atoms with E-state index in [1.165, 1.54) is 49.8 Å². The van der Waals surface area contributed by atoms with E-state index in [0.29, 0.717) is 32.0 Å². The molecular weight excluding hydrogens is 765 g/mol. The number of unbranched alkanes of at least 4 members (excludes halogenated alkanes) is 12. The highest BCUT2D eigenvalue weighted by Crippen LogP contribution is 2.46. The lowest BCUT2D eigenvalue weighted by Gasteiger charge is -2.50. The maximum absolute atomic E-state index is 14.1. The number of guanidine groups is 1. The molecule has 2 spiro atoms. The Hall–Kier alpha value is -2.33. The second-order valence-corrected chi connectivity index (χ2v) is 18.8. The first-order chi connectivity index (χ1) is 29.1. The van der Waals surface area contributed by atoms with Crippen LogP contribution in [-0.4, -0.2) is 118 Å². The maximum Gasteiger partial charge on any atom is 0.350 e. The third-order valence-corrected chi connectivity index (χ3v) is 14.2. The number of nitrogens with two attached hydrogens (primary N) is 2. The lowest BCUT2D eigenvalue weighted by atomic mass is 9.80. The monoisotopic (exact) mass is 846 g/mol. The fourth-order valence-corrected chi connectivity index (χ4v) is 11.0. The minimum Gasteiger partial charge on any atom is -0.465 e. The summed E-state index contributed by atoms with van der Waals surface area (Å²) in [6, 6.07) is 0.369. The zero-order valence-electron chi connectivity index (χ0n) is 37.1. The standard InChI is InChI=1S/C46H80N6O8/c1-3-36-22-16-17-26-44(59-36)33-35-24-25-37-39(45(27-19-21-34(2)58-45)50-43(49-44)52(35)37)41(54)57-32-18-14-12-10-8-6-4-5-7-9-11-13-15-23-38-40(53)51(31-20-29-47)42(55)46(56,60-38)28-30-48/h16,22,34-39,42,55-56H,3-15,17-21,23-33,47-48H2,1-2H3,(H,49,50)/p+1/t34-,35+,36+,37+,38-,39-,42-,44+,45-,46-/m0/s1. The highest BCUT2D eigenvalue weighted by atomic mass is 16.7. The minimum absolute atomic E-state index is 0.0501. The summed E-state index contributed by atoms with van der Waals surface area (Å²) in [5.41, 5.74) is 10.1. The van der Waals surface area contributed by atoms with E-state index in [1.54, 1.807) is 0 Å². The highest BCUT2D eigenvalue weighted by Gasteiger charge is 2.65. The summed E-state index contributed by atoms with van der Waals surface area (Å²) in [6.45, 7) is 5.59. The third kappa shape index (κ3) is 11.4. The number of aliphatic hydroxyl groups is 2. The largest absolute Gasteiger partial charge is 0.465 e. The average Bonchev–Trinajstić information content (AvgIpc) is 3.53. The first-order valence-corrected chi connectivity index (χ1v) is 24.3. The van der Waals surface area contributed by atoms with Crippen LogP contribution < -0.4 is 22.1 Å². The smallest absolute Gasteiger partial charge is 0.350 e. The SMILES string of the molecule is CC[C@@H]1C=CCC[C@]2(C[C@H]3CC[C@@H]4[C@@H](C(=O)OCCCCCCCCCCCCCCC[C@@H]5O[C@@](O)(CCN)[C@H](O)N(CCCN)C5=O)[C@@]5(CCC[C@H](C)O5)NC(=[N+]34)N2)O1. The van der Waals surface area contributed by atoms with E-state index < -0.39 is 29.6 Å². The van der Waals surface area contributed by atoms with Gasteiger partial charge in [0.15, 0.2) is 17.9 Å². The summed E-state index contributed by atoms with van der Waals surface area (Å²) < 4.78 is 27.9. The first kappa shape index (κ1) is 47.2. The molecule has 10 atom stereocenters. The molecular formula is C46H81N6O8+. The van der Waals surface area contributed by atoms with Crippen LogP contribution in [0.25, 0.3) is 0 Å². The van der Waals surface area contributed by atoms with Crippen molar-refractivity contribution in [2.45, 2.75) is 228 Å². The van der Waals surface area contributed by atoms with Crippen LogP contribution in [-0.2, 0) is 28.5 Å². The lowest BCUT2D eigenvalue weighted by Crippen LogP contribution is -2.76. The molecule has 1 amide bonds. The number of hydrogen-bond acceptors (Lipinski definition) is 12. The van der Waals surface area contributed by atoms with E-state index in [4.69, 9.17) is 30.4 Å². The van der Waals surface area contributed by atoms with Crippen molar-refractivity contribution < 1.29 is 43.3 Å². The van der Waals surface area contributed by atoms with Crippen LogP contribution >= 0.6 is 0 Å². The topological polar surface area (TPSA) is 194 Å². The molecule has 14 heteroatoms. The van der Waals surface area contributed by atoms with Gasteiger partial charge >= 0.3 is 11.9 Å². The normalized spacial score (nSPS) is 35.1. The number of hydrogen-bond donors (Lipinski definition) is 6. The molecule has 3 saturated heterocycles. The zero-order valence-corrected chi connectivity index (χ0v) is 37.1. The van der Waals surface area contributed by atoms with Gasteiger partial charge in [-0.15, -0.1) is 0 Å². The van der Waals surface area contributed by atoms with Crippen molar-refractivity contribution in [1.82, 2.24) is 15.5 Å². The van der Waals surface area contributed by atoms with Crippen molar-refractivity contribution >= 4 is 17.8 Å². The number of carbonyl (C=O) groups is 2. The van der Waals surface area contributed by atoms with Gasteiger partial charge in [0.05, 0.1) is 30.9 Å². The summed E-state index contributed by atoms with van der Waals surface area (Å²) in [7, 11) is 0. The van der Waals surface area contributed by atoms with E-state index in [1.807, 2.05) is 0 Å². The molecule has 342 valence electrons. The third-order valence-electron chi connectivity index (χ3n) is 14.2. The molecule has 14 nitrogen and oxygen atoms in total. The van der Waals surface area contributed by atoms with Crippen molar-refractivity contribution in [3.63, 3.8) is 0 Å². The fourth-order valence-electron chi connectivity index (χ4n) is 11.0. The number of nitrogens with one attached hydrogen (secondary N) is 2. The van der Waals surface area contributed by atoms with Crippen LogP contribution in [0.1, 0.15) is 174 Å². The molecule has 0 aromatic heterocycles. The predicted molar refractivity (Wildman–Crippen MR) is 230 cm³/mol. The molecule has 6 aliphatic rings. The molecule has 6 heterocycles. The molecule has 0 saturated carbocycles. The van der Waals surface area contributed by atoms with Crippen LogP contribution in [0.5, 0.6) is 0 Å². The van der Waals surface area contributed by atoms with E-state index in [9.17, 15) is 19.8 Å². The maximum atomic E-state index is 14.1. The van der Waals surface area contributed by atoms with Gasteiger partial charge in [0.25, 0.3) is 5.91 Å². The first-order valence-electron chi connectivity index (χ1n) is 24.3. The van der Waals surface area contributed by atoms with Crippen molar-refractivity contribution in [3.8, 4) is 0 Å². The molecule has 0 aromatic rings. The number of carbonyl (C=O) groups excluding carboxylic acids is 2. The Morgan fingerprint density at radius 2 is 1.62 bits per heavy atom. The van der Waals surface area contributed by atoms with Gasteiger partial charge in [-0.1, -0.05) is 96.1 Å². The Balaban J connectivity index is 0.837. The number of nitrogens with zero attached hydrogens (tertiary/aromatic N) is 2. The molecule has 0 bridgehead atoms. The van der Waals surface area contributed by atoms with Crippen molar-refractivity contribution in [3.05, 3.63) is 12.2 Å². The molecule has 0 aromatic carbocycles. The Bertz CT molecular complexity index is 1450. The van der Waals surface area contributed by atoms with Crippen LogP contribution in [0.2, 0.25) is 0 Å². The average molecular weight is 846 g/mol. The van der Waals surface area contributed by atoms with Gasteiger partial charge in [-0.05, 0) is 77.8 Å².